The maximum Gasteiger partial charge on any atom is 0.332 e. The number of amides is 2. The molecule has 0 aliphatic heterocycles. The number of hydrogen-bond donors (Lipinski definition) is 2. The van der Waals surface area contributed by atoms with E-state index in [1.165, 1.54) is 29.6 Å². The van der Waals surface area contributed by atoms with Gasteiger partial charge in [-0.15, -0.1) is 0 Å². The van der Waals surface area contributed by atoms with E-state index in [4.69, 9.17) is 10.5 Å². The highest BCUT2D eigenvalue weighted by atomic mass is 16.5. The molecule has 0 unspecified atom stereocenters. The van der Waals surface area contributed by atoms with Gasteiger partial charge >= 0.3 is 5.69 Å². The van der Waals surface area contributed by atoms with Gasteiger partial charge < -0.3 is 20.4 Å². The Hall–Kier alpha value is -4.33. The van der Waals surface area contributed by atoms with Crippen molar-refractivity contribution in [3.05, 3.63) is 57.0 Å². The highest BCUT2D eigenvalue weighted by molar-refractivity contribution is 5.95. The molecule has 2 amide bonds. The molecule has 0 aliphatic rings. The number of benzene rings is 1. The number of nitrogens with one attached hydrogen (secondary N) is 1. The fourth-order valence-corrected chi connectivity index (χ4v) is 2.89. The molecule has 31 heavy (non-hydrogen) atoms. The number of hydrogen-bond acceptors (Lipinski definition) is 6. The predicted molar refractivity (Wildman–Crippen MR) is 111 cm³/mol. The van der Waals surface area contributed by atoms with Crippen molar-refractivity contribution in [2.45, 2.75) is 6.54 Å². The molecule has 0 spiro atoms. The number of primary amides is 1. The Labute approximate surface area is 176 Å². The lowest BCUT2D eigenvalue weighted by Crippen LogP contribution is -2.38. The number of rotatable bonds is 6. The van der Waals surface area contributed by atoms with Gasteiger partial charge in [0.2, 0.25) is 5.91 Å². The minimum atomic E-state index is -0.599. The van der Waals surface area contributed by atoms with Gasteiger partial charge in [0.05, 0.1) is 18.4 Å². The van der Waals surface area contributed by atoms with Crippen LogP contribution in [0.3, 0.4) is 0 Å². The van der Waals surface area contributed by atoms with E-state index < -0.39 is 17.2 Å². The van der Waals surface area contributed by atoms with Gasteiger partial charge in [-0.05, 0) is 12.1 Å². The van der Waals surface area contributed by atoms with Crippen LogP contribution in [0.1, 0.15) is 10.4 Å². The molecule has 1 aromatic carbocycles. The number of nitrogens with zero attached hydrogens (tertiary/aromatic N) is 4. The van der Waals surface area contributed by atoms with E-state index >= 15 is 0 Å². The molecular formula is C20H20N6O5. The summed E-state index contributed by atoms with van der Waals surface area (Å²) in [7, 11) is 2.86. The van der Waals surface area contributed by atoms with Crippen LogP contribution in [-0.4, -0.2) is 43.7 Å². The molecule has 0 bridgehead atoms. The Bertz CT molecular complexity index is 1340. The summed E-state index contributed by atoms with van der Waals surface area (Å²) in [4.78, 5) is 51.9. The molecule has 3 aromatic rings. The first-order chi connectivity index (χ1) is 14.8. The predicted octanol–water partition coefficient (Wildman–Crippen LogP) is -1.27. The normalized spacial score (nSPS) is 10.4. The van der Waals surface area contributed by atoms with Crippen LogP contribution < -0.4 is 27.0 Å². The summed E-state index contributed by atoms with van der Waals surface area (Å²) in [5, 5.41) is 2.61. The lowest BCUT2D eigenvalue weighted by Gasteiger charge is -2.06. The molecule has 0 saturated heterocycles. The fraction of sp³-hybridized carbons (Fsp3) is 0.250. The number of aryl methyl sites for hydroxylation is 1. The van der Waals surface area contributed by atoms with Crippen molar-refractivity contribution in [1.29, 1.82) is 0 Å². The third kappa shape index (κ3) is 4.48. The molecule has 160 valence electrons. The summed E-state index contributed by atoms with van der Waals surface area (Å²) in [5.41, 5.74) is 4.87. The van der Waals surface area contributed by atoms with Gasteiger partial charge in [0.25, 0.3) is 11.5 Å². The number of carbonyl (C=O) groups is 2. The van der Waals surface area contributed by atoms with Crippen molar-refractivity contribution >= 4 is 23.0 Å². The van der Waals surface area contributed by atoms with E-state index in [1.807, 2.05) is 0 Å². The van der Waals surface area contributed by atoms with E-state index in [2.05, 4.69) is 22.1 Å². The van der Waals surface area contributed by atoms with Crippen LogP contribution in [0.25, 0.3) is 11.2 Å². The number of fused-ring (bicyclic) bond motifs is 1. The minimum absolute atomic E-state index is 0.0103. The lowest BCUT2D eigenvalue weighted by atomic mass is 10.2. The van der Waals surface area contributed by atoms with Gasteiger partial charge in [-0.1, -0.05) is 24.0 Å². The maximum atomic E-state index is 12.4. The number of aromatic nitrogens is 4. The second-order valence-corrected chi connectivity index (χ2v) is 6.53. The van der Waals surface area contributed by atoms with Crippen LogP contribution in [0.4, 0.5) is 0 Å². The zero-order valence-corrected chi connectivity index (χ0v) is 16.9. The molecular weight excluding hydrogens is 404 g/mol. The topological polar surface area (TPSA) is 143 Å². The molecule has 3 rings (SSSR count). The van der Waals surface area contributed by atoms with Crippen LogP contribution in [0.5, 0.6) is 5.75 Å². The van der Waals surface area contributed by atoms with Crippen LogP contribution in [0, 0.1) is 11.8 Å². The van der Waals surface area contributed by atoms with Crippen molar-refractivity contribution < 1.29 is 14.3 Å². The second kappa shape index (κ2) is 9.00. The van der Waals surface area contributed by atoms with E-state index in [9.17, 15) is 19.2 Å². The number of imidazole rings is 1. The van der Waals surface area contributed by atoms with Crippen molar-refractivity contribution in [3.8, 4) is 17.6 Å². The van der Waals surface area contributed by atoms with Gasteiger partial charge in [-0.2, -0.15) is 0 Å². The zero-order chi connectivity index (χ0) is 22.5. The molecule has 0 saturated carbocycles. The SMILES string of the molecule is Cn1c(=O)c2c(ncn2CC(=O)NCC#CCOc2ccccc2C(N)=O)n(C)c1=O. The van der Waals surface area contributed by atoms with Crippen molar-refractivity contribution in [2.75, 3.05) is 13.2 Å². The van der Waals surface area contributed by atoms with Crippen LogP contribution in [0.2, 0.25) is 0 Å². The third-order valence-corrected chi connectivity index (χ3v) is 4.48. The molecule has 0 fully saturated rings. The Morgan fingerprint density at radius 1 is 1.16 bits per heavy atom. The average Bonchev–Trinajstić information content (AvgIpc) is 3.16. The van der Waals surface area contributed by atoms with Crippen molar-refractivity contribution in [3.63, 3.8) is 0 Å². The standard InChI is InChI=1S/C20H20N6O5/c1-24-18-16(19(29)25(2)20(24)30)26(12-23-18)11-15(27)22-9-5-6-10-31-14-8-4-3-7-13(14)17(21)28/h3-4,7-8,12H,9-11H2,1-2H3,(H2,21,28)(H,22,27). The molecule has 11 heteroatoms. The van der Waals surface area contributed by atoms with Crippen LogP contribution in [0.15, 0.2) is 40.2 Å². The smallest absolute Gasteiger partial charge is 0.332 e. The first-order valence-electron chi connectivity index (χ1n) is 9.16. The summed E-state index contributed by atoms with van der Waals surface area (Å²) in [6, 6.07) is 6.54. The monoisotopic (exact) mass is 424 g/mol. The van der Waals surface area contributed by atoms with E-state index in [-0.39, 0.29) is 42.3 Å². The average molecular weight is 424 g/mol. The van der Waals surface area contributed by atoms with Crippen LogP contribution >= 0.6 is 0 Å². The number of carbonyl (C=O) groups excluding carboxylic acids is 2. The largest absolute Gasteiger partial charge is 0.480 e. The molecule has 0 radical (unpaired) electrons. The fourth-order valence-electron chi connectivity index (χ4n) is 2.89. The van der Waals surface area contributed by atoms with Crippen LogP contribution in [-0.2, 0) is 25.4 Å². The third-order valence-electron chi connectivity index (χ3n) is 4.48. The quantitative estimate of drug-likeness (QED) is 0.473. The number of ether oxygens (including phenoxy) is 1. The van der Waals surface area contributed by atoms with Gasteiger partial charge in [0.1, 0.15) is 18.9 Å². The van der Waals surface area contributed by atoms with Gasteiger partial charge in [-0.3, -0.25) is 23.5 Å². The van der Waals surface area contributed by atoms with Crippen molar-refractivity contribution in [2.24, 2.45) is 19.8 Å². The maximum absolute atomic E-state index is 12.4. The summed E-state index contributed by atoms with van der Waals surface area (Å²) < 4.78 is 9.00. The summed E-state index contributed by atoms with van der Waals surface area (Å²) in [6.45, 7) is -0.0900. The van der Waals surface area contributed by atoms with Gasteiger partial charge in [0, 0.05) is 14.1 Å². The van der Waals surface area contributed by atoms with E-state index in [0.717, 1.165) is 4.57 Å². The van der Waals surface area contributed by atoms with Crippen molar-refractivity contribution in [1.82, 2.24) is 24.0 Å². The summed E-state index contributed by atoms with van der Waals surface area (Å²) >= 11 is 0. The minimum Gasteiger partial charge on any atom is -0.480 e. The van der Waals surface area contributed by atoms with E-state index in [0.29, 0.717) is 5.75 Å². The number of para-hydroxylation sites is 1. The Kier molecular flexibility index (Phi) is 6.21. The summed E-state index contributed by atoms with van der Waals surface area (Å²) in [6.07, 6.45) is 1.33. The Morgan fingerprint density at radius 3 is 2.65 bits per heavy atom. The lowest BCUT2D eigenvalue weighted by molar-refractivity contribution is -0.121. The Balaban J connectivity index is 1.57. The Morgan fingerprint density at radius 2 is 1.90 bits per heavy atom. The zero-order valence-electron chi connectivity index (χ0n) is 16.9. The molecule has 3 N–H and O–H groups in total. The second-order valence-electron chi connectivity index (χ2n) is 6.53. The van der Waals surface area contributed by atoms with E-state index in [1.54, 1.807) is 24.3 Å². The molecule has 0 aliphatic carbocycles. The number of nitrogens with two attached hydrogens (primary N) is 1. The highest BCUT2D eigenvalue weighted by Gasteiger charge is 2.15. The highest BCUT2D eigenvalue weighted by Crippen LogP contribution is 2.16. The molecule has 11 nitrogen and oxygen atoms in total. The molecule has 2 heterocycles. The summed E-state index contributed by atoms with van der Waals surface area (Å²) in [5.74, 6) is 4.80. The first kappa shape index (κ1) is 21.4. The molecule has 2 aromatic heterocycles. The van der Waals surface area contributed by atoms with Gasteiger partial charge in [-0.25, -0.2) is 9.78 Å². The van der Waals surface area contributed by atoms with Gasteiger partial charge in [0.15, 0.2) is 11.2 Å². The first-order valence-corrected chi connectivity index (χ1v) is 9.16. The molecule has 0 atom stereocenters.